The number of ketones is 2. The van der Waals surface area contributed by atoms with Crippen molar-refractivity contribution in [3.63, 3.8) is 0 Å². The van der Waals surface area contributed by atoms with Crippen molar-refractivity contribution in [2.45, 2.75) is 31.1 Å². The maximum atomic E-state index is 14.1. The molecule has 3 aromatic carbocycles. The summed E-state index contributed by atoms with van der Waals surface area (Å²) in [4.78, 5) is 55.2. The molecule has 47 heavy (non-hydrogen) atoms. The molecule has 0 radical (unpaired) electrons. The molecule has 3 aliphatic carbocycles. The van der Waals surface area contributed by atoms with E-state index < -0.39 is 76.2 Å². The molecule has 4 atom stereocenters. The van der Waals surface area contributed by atoms with E-state index in [1.807, 2.05) is 0 Å². The first-order chi connectivity index (χ1) is 22.1. The zero-order valence-electron chi connectivity index (χ0n) is 23.7. The maximum absolute atomic E-state index is 14.1. The highest BCUT2D eigenvalue weighted by Gasteiger charge is 2.57. The van der Waals surface area contributed by atoms with Crippen molar-refractivity contribution in [1.29, 1.82) is 0 Å². The highest BCUT2D eigenvalue weighted by Crippen LogP contribution is 2.57. The second-order valence-electron chi connectivity index (χ2n) is 11.9. The SMILES string of the molecule is O=C1C=C(Br)C(=O)C2=C1C(c1c(O)ccc3ccccc13)C1=CCC3C(=O)N(c4cc(C(F)(F)F)cc(C(F)(F)F)c4)C(=O)C3C1C2. The summed E-state index contributed by atoms with van der Waals surface area (Å²) in [5, 5.41) is 12.5. The van der Waals surface area contributed by atoms with Gasteiger partial charge < -0.3 is 5.11 Å². The molecule has 3 aromatic rings. The normalized spacial score (nSPS) is 24.7. The van der Waals surface area contributed by atoms with Crippen LogP contribution < -0.4 is 4.90 Å². The van der Waals surface area contributed by atoms with Gasteiger partial charge in [-0.3, -0.25) is 19.2 Å². The molecule has 240 valence electrons. The first-order valence-electron chi connectivity index (χ1n) is 14.3. The van der Waals surface area contributed by atoms with E-state index in [0.29, 0.717) is 38.9 Å². The van der Waals surface area contributed by atoms with Crippen LogP contribution in [0.4, 0.5) is 32.0 Å². The number of anilines is 1. The first-order valence-corrected chi connectivity index (χ1v) is 15.1. The van der Waals surface area contributed by atoms with Gasteiger partial charge in [-0.2, -0.15) is 26.3 Å². The van der Waals surface area contributed by atoms with Crippen LogP contribution in [0.25, 0.3) is 10.8 Å². The van der Waals surface area contributed by atoms with Crippen LogP contribution in [-0.2, 0) is 31.5 Å². The van der Waals surface area contributed by atoms with Crippen molar-refractivity contribution in [2.24, 2.45) is 17.8 Å². The van der Waals surface area contributed by atoms with Crippen molar-refractivity contribution < 1.29 is 50.6 Å². The average molecular weight is 716 g/mol. The van der Waals surface area contributed by atoms with Crippen LogP contribution in [0.2, 0.25) is 0 Å². The van der Waals surface area contributed by atoms with Crippen molar-refractivity contribution >= 4 is 55.8 Å². The summed E-state index contributed by atoms with van der Waals surface area (Å²) in [6.07, 6.45) is -7.97. The highest BCUT2D eigenvalue weighted by atomic mass is 79.9. The first kappa shape index (κ1) is 31.1. The Balaban J connectivity index is 1.39. The fourth-order valence-corrected chi connectivity index (χ4v) is 7.89. The number of carbonyl (C=O) groups is 4. The van der Waals surface area contributed by atoms with Crippen LogP contribution in [0, 0.1) is 17.8 Å². The maximum Gasteiger partial charge on any atom is 0.416 e. The molecule has 6 nitrogen and oxygen atoms in total. The minimum absolute atomic E-state index is 0.0407. The number of allylic oxidation sites excluding steroid dienone is 6. The molecule has 0 spiro atoms. The van der Waals surface area contributed by atoms with Crippen LogP contribution in [0.3, 0.4) is 0 Å². The summed E-state index contributed by atoms with van der Waals surface area (Å²) >= 11 is 3.12. The number of amides is 2. The summed E-state index contributed by atoms with van der Waals surface area (Å²) in [5.41, 5.74) is -3.36. The van der Waals surface area contributed by atoms with Gasteiger partial charge in [0.25, 0.3) is 0 Å². The number of nitrogens with zero attached hydrogens (tertiary/aromatic N) is 1. The topological polar surface area (TPSA) is 91.8 Å². The fourth-order valence-electron chi connectivity index (χ4n) is 7.45. The van der Waals surface area contributed by atoms with Gasteiger partial charge in [-0.15, -0.1) is 0 Å². The molecule has 0 aromatic heterocycles. The van der Waals surface area contributed by atoms with Crippen molar-refractivity contribution in [1.82, 2.24) is 0 Å². The third-order valence-corrected chi connectivity index (χ3v) is 9.99. The van der Waals surface area contributed by atoms with Gasteiger partial charge in [0.2, 0.25) is 11.8 Å². The van der Waals surface area contributed by atoms with Crippen LogP contribution >= 0.6 is 15.9 Å². The Bertz CT molecular complexity index is 2030. The van der Waals surface area contributed by atoms with Gasteiger partial charge in [-0.05, 0) is 69.7 Å². The number of alkyl halides is 6. The third kappa shape index (κ3) is 4.77. The second-order valence-corrected chi connectivity index (χ2v) is 12.7. The van der Waals surface area contributed by atoms with E-state index in [1.165, 1.54) is 6.07 Å². The monoisotopic (exact) mass is 715 g/mol. The average Bonchev–Trinajstić information content (AvgIpc) is 3.27. The Morgan fingerprint density at radius 1 is 0.830 bits per heavy atom. The minimum Gasteiger partial charge on any atom is -0.508 e. The molecular formula is C34H20BrF6NO5. The van der Waals surface area contributed by atoms with E-state index in [0.717, 1.165) is 6.08 Å². The molecule has 1 heterocycles. The standard InChI is InChI=1S/C34H20BrF6NO5/c35-23-13-25(44)28-22(30(23)45)12-21-19(29(28)27-18-4-2-1-3-14(18)5-8-24(27)43)6-7-20-26(21)32(47)42(31(20)46)17-10-15(33(36,37)38)9-16(11-17)34(39,40)41/h1-6,8-11,13,20-21,26,29,43H,7,12H2. The number of phenols is 1. The van der Waals surface area contributed by atoms with E-state index in [4.69, 9.17) is 0 Å². The van der Waals surface area contributed by atoms with Crippen LogP contribution in [0.15, 0.2) is 88.0 Å². The molecule has 13 heteroatoms. The number of Topliss-reactive ketones (excluding diaryl/α,β-unsaturated/α-hetero) is 1. The number of halogens is 7. The number of hydrogen-bond donors (Lipinski definition) is 1. The van der Waals surface area contributed by atoms with Gasteiger partial charge >= 0.3 is 12.4 Å². The lowest BCUT2D eigenvalue weighted by Gasteiger charge is -2.42. The predicted octanol–water partition coefficient (Wildman–Crippen LogP) is 7.55. The fraction of sp³-hybridized carbons (Fsp3) is 0.235. The van der Waals surface area contributed by atoms with Gasteiger partial charge in [-0.1, -0.05) is 42.0 Å². The molecule has 1 aliphatic heterocycles. The Morgan fingerprint density at radius 2 is 1.49 bits per heavy atom. The van der Waals surface area contributed by atoms with Crippen LogP contribution in [0.5, 0.6) is 5.75 Å². The number of benzene rings is 3. The number of imide groups is 1. The van der Waals surface area contributed by atoms with Crippen molar-refractivity contribution in [3.05, 3.63) is 105 Å². The van der Waals surface area contributed by atoms with Gasteiger partial charge in [0.15, 0.2) is 11.6 Å². The Kier molecular flexibility index (Phi) is 6.94. The summed E-state index contributed by atoms with van der Waals surface area (Å²) in [7, 11) is 0. The largest absolute Gasteiger partial charge is 0.508 e. The molecule has 4 aliphatic rings. The predicted molar refractivity (Wildman–Crippen MR) is 159 cm³/mol. The number of carbonyl (C=O) groups excluding carboxylic acids is 4. The number of aromatic hydroxyl groups is 1. The molecule has 1 N–H and O–H groups in total. The van der Waals surface area contributed by atoms with Gasteiger partial charge in [-0.25, -0.2) is 4.90 Å². The molecule has 1 saturated heterocycles. The van der Waals surface area contributed by atoms with Gasteiger partial charge in [0, 0.05) is 28.7 Å². The number of hydrogen-bond acceptors (Lipinski definition) is 5. The zero-order chi connectivity index (χ0) is 33.7. The summed E-state index contributed by atoms with van der Waals surface area (Å²) < 4.78 is 82.1. The lowest BCUT2D eigenvalue weighted by atomic mass is 9.59. The molecule has 0 saturated carbocycles. The molecule has 1 fully saturated rings. The number of rotatable bonds is 2. The quantitative estimate of drug-likeness (QED) is 0.128. The molecule has 4 unspecified atom stereocenters. The van der Waals surface area contributed by atoms with Crippen molar-refractivity contribution in [2.75, 3.05) is 4.90 Å². The minimum atomic E-state index is -5.21. The molecule has 2 amide bonds. The number of phenolic OH excluding ortho intramolecular Hbond substituents is 1. The van der Waals surface area contributed by atoms with E-state index >= 15 is 0 Å². The van der Waals surface area contributed by atoms with E-state index in [2.05, 4.69) is 15.9 Å². The molecule has 0 bridgehead atoms. The third-order valence-electron chi connectivity index (χ3n) is 9.40. The molecule has 7 rings (SSSR count). The Hall–Kier alpha value is -4.52. The van der Waals surface area contributed by atoms with Crippen LogP contribution in [-0.4, -0.2) is 28.5 Å². The van der Waals surface area contributed by atoms with E-state index in [-0.39, 0.29) is 40.3 Å². The summed E-state index contributed by atoms with van der Waals surface area (Å²) in [5.74, 6) is -7.65. The van der Waals surface area contributed by atoms with Gasteiger partial charge in [0.05, 0.1) is 33.1 Å². The Morgan fingerprint density at radius 3 is 2.15 bits per heavy atom. The lowest BCUT2D eigenvalue weighted by Crippen LogP contribution is -2.39. The molecular weight excluding hydrogens is 696 g/mol. The summed E-state index contributed by atoms with van der Waals surface area (Å²) in [6.45, 7) is 0. The summed E-state index contributed by atoms with van der Waals surface area (Å²) in [6, 6.07) is 10.7. The Labute approximate surface area is 270 Å². The second kappa shape index (κ2) is 10.5. The van der Waals surface area contributed by atoms with Crippen LogP contribution in [0.1, 0.15) is 35.4 Å². The zero-order valence-corrected chi connectivity index (χ0v) is 25.3. The smallest absolute Gasteiger partial charge is 0.416 e. The lowest BCUT2D eigenvalue weighted by molar-refractivity contribution is -0.143. The highest BCUT2D eigenvalue weighted by molar-refractivity contribution is 9.12. The van der Waals surface area contributed by atoms with E-state index in [1.54, 1.807) is 36.4 Å². The van der Waals surface area contributed by atoms with Gasteiger partial charge in [0.1, 0.15) is 5.75 Å². The van der Waals surface area contributed by atoms with Crippen molar-refractivity contribution in [3.8, 4) is 5.75 Å². The van der Waals surface area contributed by atoms with E-state index in [9.17, 15) is 50.6 Å². The number of fused-ring (bicyclic) bond motifs is 4.